The second-order valence-electron chi connectivity index (χ2n) is 5.88. The van der Waals surface area contributed by atoms with Crippen LogP contribution in [0, 0.1) is 34.5 Å². The number of nitrogens with zero attached hydrogens (tertiary/aromatic N) is 2. The van der Waals surface area contributed by atoms with E-state index in [-0.39, 0.29) is 11.9 Å². The number of nitriles is 2. The summed E-state index contributed by atoms with van der Waals surface area (Å²) in [6.45, 7) is 0. The Hall–Kier alpha value is -2.59. The Labute approximate surface area is 137 Å². The van der Waals surface area contributed by atoms with E-state index < -0.39 is 0 Å². The van der Waals surface area contributed by atoms with Gasteiger partial charge >= 0.3 is 5.97 Å². The van der Waals surface area contributed by atoms with Crippen molar-refractivity contribution in [2.24, 2.45) is 11.8 Å². The summed E-state index contributed by atoms with van der Waals surface area (Å²) in [5, 5.41) is 17.2. The average molecular weight is 308 g/mol. The molecule has 4 heteroatoms. The van der Waals surface area contributed by atoms with E-state index in [1.54, 1.807) is 24.3 Å². The number of carbonyl (C=O) groups excluding carboxylic acids is 1. The first-order valence-electron chi connectivity index (χ1n) is 7.99. The van der Waals surface area contributed by atoms with Gasteiger partial charge in [-0.1, -0.05) is 6.08 Å². The summed E-state index contributed by atoms with van der Waals surface area (Å²) in [6, 6.07) is 10.6. The molecule has 0 spiro atoms. The van der Waals surface area contributed by atoms with Gasteiger partial charge in [-0.3, -0.25) is 4.79 Å². The lowest BCUT2D eigenvalue weighted by Gasteiger charge is -2.26. The molecule has 4 nitrogen and oxygen atoms in total. The number of ether oxygens (including phenoxy) is 1. The second kappa shape index (κ2) is 8.76. The van der Waals surface area contributed by atoms with E-state index in [9.17, 15) is 4.79 Å². The van der Waals surface area contributed by atoms with E-state index in [1.807, 2.05) is 18.2 Å². The van der Waals surface area contributed by atoms with Gasteiger partial charge in [0, 0.05) is 6.08 Å². The van der Waals surface area contributed by atoms with Gasteiger partial charge in [-0.25, -0.2) is 0 Å². The van der Waals surface area contributed by atoms with E-state index in [2.05, 4.69) is 0 Å². The normalized spacial score (nSPS) is 20.6. The summed E-state index contributed by atoms with van der Waals surface area (Å²) >= 11 is 0. The molecular formula is C19H20N2O2. The van der Waals surface area contributed by atoms with Gasteiger partial charge in [0.05, 0.1) is 23.6 Å². The van der Waals surface area contributed by atoms with Crippen LogP contribution < -0.4 is 4.74 Å². The Balaban J connectivity index is 1.76. The monoisotopic (exact) mass is 308 g/mol. The highest BCUT2D eigenvalue weighted by atomic mass is 16.5. The van der Waals surface area contributed by atoms with E-state index in [1.165, 1.54) is 6.08 Å². The summed E-state index contributed by atoms with van der Waals surface area (Å²) in [5.74, 6) is 0.934. The van der Waals surface area contributed by atoms with Gasteiger partial charge < -0.3 is 4.74 Å². The van der Waals surface area contributed by atoms with Crippen molar-refractivity contribution in [2.75, 3.05) is 0 Å². The average Bonchev–Trinajstić information content (AvgIpc) is 2.60. The lowest BCUT2D eigenvalue weighted by molar-refractivity contribution is -0.140. The smallest absolute Gasteiger partial charge is 0.314 e. The zero-order chi connectivity index (χ0) is 16.5. The number of hydrogen-bond donors (Lipinski definition) is 0. The fourth-order valence-corrected chi connectivity index (χ4v) is 2.95. The zero-order valence-electron chi connectivity index (χ0n) is 13.1. The summed E-state index contributed by atoms with van der Waals surface area (Å²) in [6.07, 6.45) is 9.24. The van der Waals surface area contributed by atoms with Crippen molar-refractivity contribution >= 4 is 5.97 Å². The van der Waals surface area contributed by atoms with Crippen molar-refractivity contribution in [3.05, 3.63) is 42.0 Å². The third-order valence-corrected chi connectivity index (χ3v) is 4.32. The highest BCUT2D eigenvalue weighted by Crippen LogP contribution is 2.32. The molecule has 1 aliphatic carbocycles. The van der Waals surface area contributed by atoms with Gasteiger partial charge in [-0.15, -0.1) is 0 Å². The van der Waals surface area contributed by atoms with Crippen molar-refractivity contribution in [2.45, 2.75) is 38.5 Å². The first-order chi connectivity index (χ1) is 11.2. The topological polar surface area (TPSA) is 73.9 Å². The summed E-state index contributed by atoms with van der Waals surface area (Å²) in [5.41, 5.74) is 0.552. The molecule has 1 aliphatic rings. The molecule has 0 aliphatic heterocycles. The number of carbonyl (C=O) groups is 1. The molecule has 0 bridgehead atoms. The second-order valence-corrected chi connectivity index (χ2v) is 5.88. The van der Waals surface area contributed by atoms with Crippen LogP contribution in [0.4, 0.5) is 0 Å². The van der Waals surface area contributed by atoms with Crippen LogP contribution in [-0.4, -0.2) is 5.97 Å². The van der Waals surface area contributed by atoms with Gasteiger partial charge in [0.1, 0.15) is 5.75 Å². The van der Waals surface area contributed by atoms with Gasteiger partial charge in [0.25, 0.3) is 0 Å². The number of rotatable bonds is 5. The Bertz CT molecular complexity index is 627. The largest absolute Gasteiger partial charge is 0.426 e. The van der Waals surface area contributed by atoms with E-state index >= 15 is 0 Å². The quantitative estimate of drug-likeness (QED) is 0.465. The predicted octanol–water partition coefficient (Wildman–Crippen LogP) is 4.13. The Morgan fingerprint density at radius 3 is 2.48 bits per heavy atom. The van der Waals surface area contributed by atoms with Crippen LogP contribution in [0.25, 0.3) is 0 Å². The van der Waals surface area contributed by atoms with E-state index in [4.69, 9.17) is 15.3 Å². The molecule has 1 aromatic rings. The first-order valence-corrected chi connectivity index (χ1v) is 7.99. The van der Waals surface area contributed by atoms with Crippen LogP contribution in [0.2, 0.25) is 0 Å². The van der Waals surface area contributed by atoms with Crippen molar-refractivity contribution in [3.63, 3.8) is 0 Å². The molecule has 0 N–H and O–H groups in total. The van der Waals surface area contributed by atoms with Gasteiger partial charge in [-0.2, -0.15) is 10.5 Å². The summed E-state index contributed by atoms with van der Waals surface area (Å²) in [7, 11) is 0. The molecule has 0 saturated heterocycles. The molecule has 118 valence electrons. The maximum absolute atomic E-state index is 12.2. The van der Waals surface area contributed by atoms with Crippen molar-refractivity contribution < 1.29 is 9.53 Å². The summed E-state index contributed by atoms with van der Waals surface area (Å²) < 4.78 is 5.41. The standard InChI is InChI=1S/C19H20N2O2/c20-13-3-1-2-4-15-5-9-17(10-6-15)19(22)23-18-11-7-16(14-21)8-12-18/h1,3,7-8,11-12,15,17H,2,4-6,9-10H2. The lowest BCUT2D eigenvalue weighted by atomic mass is 9.80. The number of allylic oxidation sites excluding steroid dienone is 2. The molecule has 23 heavy (non-hydrogen) atoms. The molecule has 0 amide bonds. The zero-order valence-corrected chi connectivity index (χ0v) is 13.1. The van der Waals surface area contributed by atoms with Crippen LogP contribution >= 0.6 is 0 Å². The third kappa shape index (κ3) is 5.27. The third-order valence-electron chi connectivity index (χ3n) is 4.32. The lowest BCUT2D eigenvalue weighted by Crippen LogP contribution is -2.25. The molecule has 0 unspecified atom stereocenters. The van der Waals surface area contributed by atoms with Gasteiger partial charge in [0.2, 0.25) is 0 Å². The predicted molar refractivity (Wildman–Crippen MR) is 86.2 cm³/mol. The van der Waals surface area contributed by atoms with Crippen LogP contribution in [0.1, 0.15) is 44.1 Å². The first kappa shape index (κ1) is 16.8. The minimum Gasteiger partial charge on any atom is -0.426 e. The molecule has 1 saturated carbocycles. The highest BCUT2D eigenvalue weighted by Gasteiger charge is 2.27. The molecule has 0 atom stereocenters. The number of hydrogen-bond acceptors (Lipinski definition) is 4. The SMILES string of the molecule is N#CC=CCCC1CCC(C(=O)Oc2ccc(C#N)cc2)CC1. The number of esters is 1. The van der Waals surface area contributed by atoms with Crippen LogP contribution in [0.15, 0.2) is 36.4 Å². The molecule has 0 radical (unpaired) electrons. The maximum atomic E-state index is 12.2. The fourth-order valence-electron chi connectivity index (χ4n) is 2.95. The number of benzene rings is 1. The summed E-state index contributed by atoms with van der Waals surface area (Å²) in [4.78, 5) is 12.2. The highest BCUT2D eigenvalue weighted by molar-refractivity contribution is 5.75. The minimum absolute atomic E-state index is 0.0310. The molecule has 0 aromatic heterocycles. The van der Waals surface area contributed by atoms with Crippen LogP contribution in [0.3, 0.4) is 0 Å². The van der Waals surface area contributed by atoms with Crippen molar-refractivity contribution in [1.82, 2.24) is 0 Å². The van der Waals surface area contributed by atoms with Crippen molar-refractivity contribution in [1.29, 1.82) is 10.5 Å². The van der Waals surface area contributed by atoms with E-state index in [0.29, 0.717) is 17.2 Å². The Morgan fingerprint density at radius 1 is 1.17 bits per heavy atom. The van der Waals surface area contributed by atoms with E-state index in [0.717, 1.165) is 38.5 Å². The Morgan fingerprint density at radius 2 is 1.87 bits per heavy atom. The molecule has 1 aromatic carbocycles. The molecule has 0 heterocycles. The fraction of sp³-hybridized carbons (Fsp3) is 0.421. The van der Waals surface area contributed by atoms with Gasteiger partial charge in [0.15, 0.2) is 0 Å². The molecule has 1 fully saturated rings. The van der Waals surface area contributed by atoms with Crippen molar-refractivity contribution in [3.8, 4) is 17.9 Å². The Kier molecular flexibility index (Phi) is 6.39. The van der Waals surface area contributed by atoms with Crippen LogP contribution in [-0.2, 0) is 4.79 Å². The maximum Gasteiger partial charge on any atom is 0.314 e. The van der Waals surface area contributed by atoms with Gasteiger partial charge in [-0.05, 0) is 68.7 Å². The minimum atomic E-state index is -0.169. The molecular weight excluding hydrogens is 288 g/mol. The molecule has 2 rings (SSSR count). The van der Waals surface area contributed by atoms with Crippen LogP contribution in [0.5, 0.6) is 5.75 Å².